The van der Waals surface area contributed by atoms with Gasteiger partial charge >= 0.3 is 0 Å². The Labute approximate surface area is 124 Å². The summed E-state index contributed by atoms with van der Waals surface area (Å²) in [5.41, 5.74) is 2.82. The molecule has 5 nitrogen and oxygen atoms in total. The van der Waals surface area contributed by atoms with E-state index in [1.54, 1.807) is 23.1 Å². The minimum Gasteiger partial charge on any atom is -0.328 e. The highest BCUT2D eigenvalue weighted by atomic mass is 19.1. The quantitative estimate of drug-likeness (QED) is 0.430. The molecule has 0 spiro atoms. The maximum absolute atomic E-state index is 13.3. The molecule has 0 aromatic heterocycles. The van der Waals surface area contributed by atoms with E-state index in [1.807, 2.05) is 0 Å². The van der Waals surface area contributed by atoms with E-state index in [9.17, 15) is 9.18 Å². The first-order chi connectivity index (χ1) is 10.1. The zero-order valence-corrected chi connectivity index (χ0v) is 12.4. The Morgan fingerprint density at radius 2 is 2.05 bits per heavy atom. The van der Waals surface area contributed by atoms with Gasteiger partial charge in [-0.25, -0.2) is 9.82 Å². The van der Waals surface area contributed by atoms with Gasteiger partial charge in [0.1, 0.15) is 32.0 Å². The standard InChI is InChI=1S/C15H21FN4O/c1-19-8-10-20(11-9-19)7-6-15(21)18-17-12-13-4-2-3-5-14(13)16/h2-5,12H,6-11H2,1H3,(H,18,21)/p+2/b17-12-. The third kappa shape index (κ3) is 5.24. The number of hydrazone groups is 1. The van der Waals surface area contributed by atoms with Crippen molar-refractivity contribution in [3.05, 3.63) is 35.6 Å². The van der Waals surface area contributed by atoms with Crippen LogP contribution in [0.25, 0.3) is 0 Å². The summed E-state index contributed by atoms with van der Waals surface area (Å²) < 4.78 is 13.3. The van der Waals surface area contributed by atoms with Crippen LogP contribution in [0.5, 0.6) is 0 Å². The molecule has 1 heterocycles. The number of nitrogens with one attached hydrogen (secondary N) is 3. The lowest BCUT2D eigenvalue weighted by atomic mass is 10.2. The van der Waals surface area contributed by atoms with Crippen molar-refractivity contribution in [2.75, 3.05) is 39.8 Å². The molecule has 0 bridgehead atoms. The Balaban J connectivity index is 1.69. The van der Waals surface area contributed by atoms with Gasteiger partial charge in [0, 0.05) is 5.56 Å². The summed E-state index contributed by atoms with van der Waals surface area (Å²) in [7, 11) is 2.20. The lowest BCUT2D eigenvalue weighted by molar-refractivity contribution is -1.00. The second-order valence-electron chi connectivity index (χ2n) is 5.52. The molecule has 6 heteroatoms. The first-order valence-electron chi connectivity index (χ1n) is 7.36. The van der Waals surface area contributed by atoms with E-state index >= 15 is 0 Å². The highest BCUT2D eigenvalue weighted by Crippen LogP contribution is 2.02. The number of likely N-dealkylation sites (N-methyl/N-ethyl adjacent to an activating group) is 1. The number of rotatable bonds is 5. The van der Waals surface area contributed by atoms with Crippen molar-refractivity contribution in [2.45, 2.75) is 6.42 Å². The van der Waals surface area contributed by atoms with Gasteiger partial charge in [0.15, 0.2) is 0 Å². The van der Waals surface area contributed by atoms with E-state index < -0.39 is 0 Å². The van der Waals surface area contributed by atoms with Crippen LogP contribution in [0.3, 0.4) is 0 Å². The van der Waals surface area contributed by atoms with Crippen LogP contribution in [0.1, 0.15) is 12.0 Å². The fraction of sp³-hybridized carbons (Fsp3) is 0.467. The van der Waals surface area contributed by atoms with E-state index in [4.69, 9.17) is 0 Å². The van der Waals surface area contributed by atoms with E-state index in [1.165, 1.54) is 17.2 Å². The molecule has 1 fully saturated rings. The predicted molar refractivity (Wildman–Crippen MR) is 78.9 cm³/mol. The third-order valence-corrected chi connectivity index (χ3v) is 3.81. The first-order valence-corrected chi connectivity index (χ1v) is 7.36. The molecular weight excluding hydrogens is 271 g/mol. The van der Waals surface area contributed by atoms with Crippen LogP contribution < -0.4 is 15.2 Å². The molecule has 2 rings (SSSR count). The Morgan fingerprint density at radius 3 is 2.76 bits per heavy atom. The molecule has 114 valence electrons. The Hall–Kier alpha value is -1.79. The minimum absolute atomic E-state index is 0.124. The largest absolute Gasteiger partial charge is 0.328 e. The van der Waals surface area contributed by atoms with Crippen LogP contribution in [0.2, 0.25) is 0 Å². The van der Waals surface area contributed by atoms with Crippen LogP contribution in [0, 0.1) is 5.82 Å². The van der Waals surface area contributed by atoms with Crippen LogP contribution in [0.4, 0.5) is 4.39 Å². The van der Waals surface area contributed by atoms with Gasteiger partial charge in [0.05, 0.1) is 26.2 Å². The van der Waals surface area contributed by atoms with Gasteiger partial charge in [-0.05, 0) is 6.07 Å². The molecule has 3 N–H and O–H groups in total. The highest BCUT2D eigenvalue weighted by Gasteiger charge is 2.20. The number of carbonyl (C=O) groups excluding carboxylic acids is 1. The Bertz CT molecular complexity index is 498. The first kappa shape index (κ1) is 15.6. The number of hydrogen-bond acceptors (Lipinski definition) is 2. The molecule has 1 aliphatic rings. The summed E-state index contributed by atoms with van der Waals surface area (Å²) in [6.45, 7) is 5.36. The monoisotopic (exact) mass is 294 g/mol. The number of amides is 1. The van der Waals surface area contributed by atoms with E-state index in [0.29, 0.717) is 12.0 Å². The molecule has 1 aliphatic heterocycles. The SMILES string of the molecule is C[NH+]1CC[NH+](CCC(=O)N/N=C\c2ccccc2F)CC1. The van der Waals surface area contributed by atoms with E-state index in [0.717, 1.165) is 32.7 Å². The average molecular weight is 294 g/mol. The van der Waals surface area contributed by atoms with Crippen LogP contribution in [0.15, 0.2) is 29.4 Å². The van der Waals surface area contributed by atoms with Gasteiger partial charge in [-0.1, -0.05) is 18.2 Å². The number of carbonyl (C=O) groups is 1. The van der Waals surface area contributed by atoms with Gasteiger partial charge in [-0.15, -0.1) is 0 Å². The van der Waals surface area contributed by atoms with Crippen molar-refractivity contribution in [3.63, 3.8) is 0 Å². The molecule has 1 saturated heterocycles. The molecule has 0 radical (unpaired) electrons. The van der Waals surface area contributed by atoms with Gasteiger partial charge in [0.2, 0.25) is 5.91 Å². The summed E-state index contributed by atoms with van der Waals surface area (Å²) >= 11 is 0. The van der Waals surface area contributed by atoms with Crippen molar-refractivity contribution in [3.8, 4) is 0 Å². The minimum atomic E-state index is -0.347. The number of quaternary nitrogens is 2. The van der Waals surface area contributed by atoms with Crippen molar-refractivity contribution >= 4 is 12.1 Å². The van der Waals surface area contributed by atoms with E-state index in [2.05, 4.69) is 17.6 Å². The van der Waals surface area contributed by atoms with Crippen molar-refractivity contribution in [1.29, 1.82) is 0 Å². The maximum atomic E-state index is 13.3. The molecule has 1 aromatic rings. The summed E-state index contributed by atoms with van der Waals surface area (Å²) in [4.78, 5) is 14.7. The summed E-state index contributed by atoms with van der Waals surface area (Å²) in [5, 5.41) is 3.80. The second-order valence-corrected chi connectivity index (χ2v) is 5.52. The molecule has 0 saturated carbocycles. The number of nitrogens with zero attached hydrogens (tertiary/aromatic N) is 1. The Morgan fingerprint density at radius 1 is 1.33 bits per heavy atom. The molecule has 0 aliphatic carbocycles. The number of hydrogen-bond donors (Lipinski definition) is 3. The Kier molecular flexibility index (Phi) is 5.83. The number of halogens is 1. The van der Waals surface area contributed by atoms with Crippen LogP contribution in [-0.2, 0) is 4.79 Å². The number of benzene rings is 1. The van der Waals surface area contributed by atoms with Crippen LogP contribution in [-0.4, -0.2) is 51.9 Å². The molecule has 0 unspecified atom stereocenters. The molecular formula is C15H23FN4O+2. The summed E-state index contributed by atoms with van der Waals surface area (Å²) in [6, 6.07) is 6.32. The fourth-order valence-corrected chi connectivity index (χ4v) is 2.38. The molecule has 1 amide bonds. The fourth-order valence-electron chi connectivity index (χ4n) is 2.38. The normalized spacial score (nSPS) is 22.4. The molecule has 21 heavy (non-hydrogen) atoms. The lowest BCUT2D eigenvalue weighted by Crippen LogP contribution is -3.27. The smallest absolute Gasteiger partial charge is 0.245 e. The highest BCUT2D eigenvalue weighted by molar-refractivity contribution is 5.82. The van der Waals surface area contributed by atoms with Crippen molar-refractivity contribution in [1.82, 2.24) is 5.43 Å². The van der Waals surface area contributed by atoms with E-state index in [-0.39, 0.29) is 11.7 Å². The maximum Gasteiger partial charge on any atom is 0.245 e. The van der Waals surface area contributed by atoms with Crippen molar-refractivity contribution < 1.29 is 19.0 Å². The topological polar surface area (TPSA) is 50.3 Å². The van der Waals surface area contributed by atoms with Crippen molar-refractivity contribution in [2.24, 2.45) is 5.10 Å². The van der Waals surface area contributed by atoms with Gasteiger partial charge in [-0.3, -0.25) is 4.79 Å². The zero-order chi connectivity index (χ0) is 15.1. The lowest BCUT2D eigenvalue weighted by Gasteiger charge is -2.26. The predicted octanol–water partition coefficient (Wildman–Crippen LogP) is -1.92. The second kappa shape index (κ2) is 7.85. The van der Waals surface area contributed by atoms with Gasteiger partial charge in [-0.2, -0.15) is 5.10 Å². The third-order valence-electron chi connectivity index (χ3n) is 3.81. The summed E-state index contributed by atoms with van der Waals surface area (Å²) in [5.74, 6) is -0.471. The number of piperazine rings is 1. The van der Waals surface area contributed by atoms with Crippen LogP contribution >= 0.6 is 0 Å². The van der Waals surface area contributed by atoms with Gasteiger partial charge < -0.3 is 9.80 Å². The molecule has 0 atom stereocenters. The summed E-state index contributed by atoms with van der Waals surface area (Å²) in [6.07, 6.45) is 1.78. The average Bonchev–Trinajstić information content (AvgIpc) is 2.49. The van der Waals surface area contributed by atoms with Gasteiger partial charge in [0.25, 0.3) is 0 Å². The molecule has 1 aromatic carbocycles. The zero-order valence-electron chi connectivity index (χ0n) is 12.4.